The molecule has 11 nitrogen and oxygen atoms in total. The number of carboxylic acids is 1. The van der Waals surface area contributed by atoms with E-state index < -0.39 is 45.9 Å². The normalized spacial score (nSPS) is 21.0. The average molecular weight is 600 g/mol. The molecule has 1 aliphatic rings. The van der Waals surface area contributed by atoms with E-state index in [4.69, 9.17) is 18.4 Å². The SMILES string of the molecule is C=C(C(=O)O)C(=O)c1cc(CCCOCCCOCCS(=O)(=O)O[C@@H]2C(C)C[C@H](O)O[C@H]2C)ccc1N(C)CCC. The number of carbonyl (C=O) groups excluding carboxylic acids is 1. The summed E-state index contributed by atoms with van der Waals surface area (Å²) < 4.78 is 46.3. The predicted octanol–water partition coefficient (Wildman–Crippen LogP) is 3.19. The summed E-state index contributed by atoms with van der Waals surface area (Å²) in [5, 5.41) is 18.8. The number of hydrogen-bond donors (Lipinski definition) is 2. The zero-order chi connectivity index (χ0) is 30.6. The molecule has 1 fully saturated rings. The van der Waals surface area contributed by atoms with Gasteiger partial charge in [-0.15, -0.1) is 0 Å². The number of rotatable bonds is 19. The molecule has 232 valence electrons. The Morgan fingerprint density at radius 3 is 2.41 bits per heavy atom. The second-order valence-electron chi connectivity index (χ2n) is 10.4. The summed E-state index contributed by atoms with van der Waals surface area (Å²) in [7, 11) is -1.93. The van der Waals surface area contributed by atoms with E-state index in [-0.39, 0.29) is 18.3 Å². The number of aliphatic hydroxyl groups is 1. The van der Waals surface area contributed by atoms with Crippen LogP contribution >= 0.6 is 0 Å². The number of aryl methyl sites for hydroxylation is 1. The van der Waals surface area contributed by atoms with Crippen molar-refractivity contribution in [2.75, 3.05) is 50.7 Å². The van der Waals surface area contributed by atoms with Gasteiger partial charge in [0.25, 0.3) is 10.1 Å². The fourth-order valence-corrected chi connectivity index (χ4v) is 5.76. The van der Waals surface area contributed by atoms with E-state index in [0.717, 1.165) is 18.5 Å². The fraction of sp³-hybridized carbons (Fsp3) is 0.655. The first-order valence-electron chi connectivity index (χ1n) is 14.1. The lowest BCUT2D eigenvalue weighted by Crippen LogP contribution is -2.45. The first kappa shape index (κ1) is 34.8. The molecule has 0 amide bonds. The van der Waals surface area contributed by atoms with Crippen molar-refractivity contribution >= 4 is 27.6 Å². The number of Topliss-reactive ketones (excluding diaryl/α,β-unsaturated/α-hetero) is 1. The van der Waals surface area contributed by atoms with Gasteiger partial charge in [-0.1, -0.05) is 26.5 Å². The van der Waals surface area contributed by atoms with Gasteiger partial charge in [0.05, 0.1) is 18.5 Å². The minimum atomic E-state index is -3.80. The molecule has 0 bridgehead atoms. The number of aliphatic carboxylic acids is 1. The summed E-state index contributed by atoms with van der Waals surface area (Å²) in [6.07, 6.45) is 1.05. The molecular formula is C29H45NO10S. The molecule has 0 aliphatic carbocycles. The summed E-state index contributed by atoms with van der Waals surface area (Å²) in [5.74, 6) is -2.36. The molecule has 0 radical (unpaired) electrons. The van der Waals surface area contributed by atoms with Crippen LogP contribution in [0.25, 0.3) is 0 Å². The number of benzene rings is 1. The number of carbonyl (C=O) groups is 2. The summed E-state index contributed by atoms with van der Waals surface area (Å²) in [4.78, 5) is 26.0. The van der Waals surface area contributed by atoms with Gasteiger partial charge < -0.3 is 29.3 Å². The maximum atomic E-state index is 12.8. The molecule has 1 saturated heterocycles. The van der Waals surface area contributed by atoms with Gasteiger partial charge in [0.1, 0.15) is 11.7 Å². The predicted molar refractivity (Wildman–Crippen MR) is 155 cm³/mol. The first-order valence-corrected chi connectivity index (χ1v) is 15.6. The quantitative estimate of drug-likeness (QED) is 0.0603. The van der Waals surface area contributed by atoms with E-state index in [9.17, 15) is 28.2 Å². The largest absolute Gasteiger partial charge is 0.478 e. The van der Waals surface area contributed by atoms with Crippen LogP contribution in [-0.2, 0) is 39.7 Å². The van der Waals surface area contributed by atoms with Gasteiger partial charge in [-0.3, -0.25) is 8.98 Å². The van der Waals surface area contributed by atoms with Crippen LogP contribution in [0.5, 0.6) is 0 Å². The van der Waals surface area contributed by atoms with Crippen LogP contribution in [-0.4, -0.2) is 94.7 Å². The number of nitrogens with zero attached hydrogens (tertiary/aromatic N) is 1. The Hall–Kier alpha value is -2.35. The van der Waals surface area contributed by atoms with E-state index in [1.807, 2.05) is 37.9 Å². The topological polar surface area (TPSA) is 149 Å². The Bertz CT molecular complexity index is 1110. The van der Waals surface area contributed by atoms with E-state index in [0.29, 0.717) is 56.8 Å². The van der Waals surface area contributed by atoms with Gasteiger partial charge in [-0.2, -0.15) is 8.42 Å². The lowest BCUT2D eigenvalue weighted by Gasteiger charge is -2.36. The van der Waals surface area contributed by atoms with E-state index in [1.54, 1.807) is 13.0 Å². The van der Waals surface area contributed by atoms with Crippen molar-refractivity contribution in [1.29, 1.82) is 0 Å². The molecule has 1 aromatic carbocycles. The first-order chi connectivity index (χ1) is 19.4. The van der Waals surface area contributed by atoms with Crippen molar-refractivity contribution < 1.29 is 46.6 Å². The van der Waals surface area contributed by atoms with Crippen molar-refractivity contribution in [3.8, 4) is 0 Å². The van der Waals surface area contributed by atoms with Crippen LogP contribution in [0.15, 0.2) is 30.4 Å². The number of hydrogen-bond acceptors (Lipinski definition) is 10. The van der Waals surface area contributed by atoms with Crippen LogP contribution in [0, 0.1) is 5.92 Å². The minimum Gasteiger partial charge on any atom is -0.478 e. The van der Waals surface area contributed by atoms with Crippen LogP contribution < -0.4 is 4.90 Å². The Morgan fingerprint density at radius 1 is 1.12 bits per heavy atom. The highest BCUT2D eigenvalue weighted by Gasteiger charge is 2.37. The molecule has 4 atom stereocenters. The van der Waals surface area contributed by atoms with Crippen LogP contribution in [0.3, 0.4) is 0 Å². The number of carboxylic acid groups (broad SMARTS) is 1. The average Bonchev–Trinajstić information content (AvgIpc) is 2.90. The molecule has 12 heteroatoms. The highest BCUT2D eigenvalue weighted by molar-refractivity contribution is 7.86. The van der Waals surface area contributed by atoms with Crippen molar-refractivity contribution in [2.45, 2.75) is 71.4 Å². The molecule has 2 rings (SSSR count). The van der Waals surface area contributed by atoms with Gasteiger partial charge in [0, 0.05) is 51.1 Å². The second-order valence-corrected chi connectivity index (χ2v) is 12.1. The number of anilines is 1. The number of aliphatic hydroxyl groups excluding tert-OH is 1. The zero-order valence-corrected chi connectivity index (χ0v) is 25.4. The van der Waals surface area contributed by atoms with Crippen LogP contribution in [0.2, 0.25) is 0 Å². The van der Waals surface area contributed by atoms with Crippen LogP contribution in [0.4, 0.5) is 5.69 Å². The van der Waals surface area contributed by atoms with E-state index in [1.165, 1.54) is 0 Å². The molecule has 1 aliphatic heterocycles. The highest BCUT2D eigenvalue weighted by atomic mass is 32.2. The smallest absolute Gasteiger partial charge is 0.339 e. The van der Waals surface area contributed by atoms with Crippen LogP contribution in [0.1, 0.15) is 62.4 Å². The van der Waals surface area contributed by atoms with Gasteiger partial charge >= 0.3 is 5.97 Å². The minimum absolute atomic E-state index is 0.0000913. The molecule has 1 aromatic rings. The van der Waals surface area contributed by atoms with Crippen molar-refractivity contribution in [1.82, 2.24) is 0 Å². The third-order valence-electron chi connectivity index (χ3n) is 6.84. The molecule has 0 saturated carbocycles. The van der Waals surface area contributed by atoms with Crippen molar-refractivity contribution in [3.63, 3.8) is 0 Å². The third kappa shape index (κ3) is 11.4. The molecule has 0 aromatic heterocycles. The zero-order valence-electron chi connectivity index (χ0n) is 24.5. The monoisotopic (exact) mass is 599 g/mol. The lowest BCUT2D eigenvalue weighted by molar-refractivity contribution is -0.203. The summed E-state index contributed by atoms with van der Waals surface area (Å²) in [6, 6.07) is 5.50. The lowest BCUT2D eigenvalue weighted by atomic mass is 9.94. The Balaban J connectivity index is 1.69. The molecular weight excluding hydrogens is 554 g/mol. The molecule has 1 heterocycles. The van der Waals surface area contributed by atoms with E-state index in [2.05, 4.69) is 6.58 Å². The maximum absolute atomic E-state index is 12.8. The Kier molecular flexibility index (Phi) is 14.4. The molecule has 41 heavy (non-hydrogen) atoms. The summed E-state index contributed by atoms with van der Waals surface area (Å²) in [6.45, 7) is 10.9. The van der Waals surface area contributed by atoms with Crippen molar-refractivity contribution in [3.05, 3.63) is 41.5 Å². The molecule has 2 N–H and O–H groups in total. The summed E-state index contributed by atoms with van der Waals surface area (Å²) in [5.41, 5.74) is 1.43. The fourth-order valence-electron chi connectivity index (χ4n) is 4.66. The number of ether oxygens (including phenoxy) is 3. The third-order valence-corrected chi connectivity index (χ3v) is 8.03. The standard InChI is InChI=1S/C29H45NO10S/c1-6-12-30(5)25-11-10-23(19-24(25)27(32)21(3)29(33)34)9-7-13-37-14-8-15-38-16-17-41(35,36)40-28-20(2)18-26(31)39-22(28)4/h10-11,19-20,22,26,28,31H,3,6-9,12-18H2,1-2,4-5H3,(H,33,34)/t20?,22-,26+,28+/m0/s1. The van der Waals surface area contributed by atoms with Gasteiger partial charge in [0.15, 0.2) is 6.29 Å². The maximum Gasteiger partial charge on any atom is 0.339 e. The Morgan fingerprint density at radius 2 is 1.78 bits per heavy atom. The van der Waals surface area contributed by atoms with Gasteiger partial charge in [-0.25, -0.2) is 4.79 Å². The van der Waals surface area contributed by atoms with Gasteiger partial charge in [-0.05, 0) is 56.2 Å². The Labute approximate surface area is 243 Å². The summed E-state index contributed by atoms with van der Waals surface area (Å²) >= 11 is 0. The molecule has 0 spiro atoms. The second kappa shape index (κ2) is 16.9. The number of ketones is 1. The van der Waals surface area contributed by atoms with E-state index >= 15 is 0 Å². The van der Waals surface area contributed by atoms with Crippen molar-refractivity contribution in [2.24, 2.45) is 5.92 Å². The molecule has 1 unspecified atom stereocenters. The highest BCUT2D eigenvalue weighted by Crippen LogP contribution is 2.28. The van der Waals surface area contributed by atoms with Gasteiger partial charge in [0.2, 0.25) is 5.78 Å².